The molecule has 30 heavy (non-hydrogen) atoms. The van der Waals surface area contributed by atoms with Crippen LogP contribution in [0, 0.1) is 0 Å². The third-order valence-electron chi connectivity index (χ3n) is 5.26. The van der Waals surface area contributed by atoms with Crippen molar-refractivity contribution < 1.29 is 9.59 Å². The van der Waals surface area contributed by atoms with Gasteiger partial charge < -0.3 is 11.1 Å². The number of carbonyl (C=O) groups is 2. The lowest BCUT2D eigenvalue weighted by molar-refractivity contribution is -0.120. The molecule has 154 valence electrons. The van der Waals surface area contributed by atoms with E-state index < -0.39 is 11.9 Å². The Kier molecular flexibility index (Phi) is 6.36. The van der Waals surface area contributed by atoms with E-state index >= 15 is 0 Å². The summed E-state index contributed by atoms with van der Waals surface area (Å²) in [6.45, 7) is 6.36. The van der Waals surface area contributed by atoms with Gasteiger partial charge in [0.25, 0.3) is 5.91 Å². The first-order chi connectivity index (χ1) is 14.3. The van der Waals surface area contributed by atoms with Crippen LogP contribution in [0.4, 0.5) is 0 Å². The Labute approximate surface area is 178 Å². The predicted molar refractivity (Wildman–Crippen MR) is 120 cm³/mol. The van der Waals surface area contributed by atoms with Crippen molar-refractivity contribution >= 4 is 11.8 Å². The van der Waals surface area contributed by atoms with Gasteiger partial charge in [0.05, 0.1) is 0 Å². The van der Waals surface area contributed by atoms with Gasteiger partial charge in [-0.2, -0.15) is 0 Å². The average molecular weight is 401 g/mol. The van der Waals surface area contributed by atoms with E-state index in [-0.39, 0.29) is 17.2 Å². The molecule has 3 aromatic carbocycles. The van der Waals surface area contributed by atoms with Crippen LogP contribution >= 0.6 is 0 Å². The molecular formula is C26H28N2O2. The van der Waals surface area contributed by atoms with E-state index in [0.717, 1.165) is 16.7 Å². The first-order valence-electron chi connectivity index (χ1n) is 10.1. The lowest BCUT2D eigenvalue weighted by atomic mass is 9.84. The highest BCUT2D eigenvalue weighted by Crippen LogP contribution is 2.28. The number of benzene rings is 3. The van der Waals surface area contributed by atoms with E-state index in [1.807, 2.05) is 72.8 Å². The van der Waals surface area contributed by atoms with Gasteiger partial charge in [0.2, 0.25) is 5.91 Å². The van der Waals surface area contributed by atoms with Crippen molar-refractivity contribution in [2.75, 3.05) is 0 Å². The van der Waals surface area contributed by atoms with Gasteiger partial charge in [0, 0.05) is 11.5 Å². The van der Waals surface area contributed by atoms with Crippen LogP contribution in [-0.2, 0) is 10.2 Å². The Hall–Kier alpha value is -3.40. The smallest absolute Gasteiger partial charge is 0.251 e. The lowest BCUT2D eigenvalue weighted by Crippen LogP contribution is -2.48. The third kappa shape index (κ3) is 4.95. The van der Waals surface area contributed by atoms with Gasteiger partial charge in [-0.3, -0.25) is 9.59 Å². The quantitative estimate of drug-likeness (QED) is 0.644. The maximum atomic E-state index is 13.0. The average Bonchev–Trinajstić information content (AvgIpc) is 2.74. The lowest BCUT2D eigenvalue weighted by Gasteiger charge is -2.27. The number of hydrogen-bond acceptors (Lipinski definition) is 2. The third-order valence-corrected chi connectivity index (χ3v) is 5.26. The minimum atomic E-state index is -0.885. The molecule has 0 heterocycles. The summed E-state index contributed by atoms with van der Waals surface area (Å²) in [5, 5.41) is 2.87. The fraction of sp³-hybridized carbons (Fsp3) is 0.231. The van der Waals surface area contributed by atoms with Crippen LogP contribution < -0.4 is 11.1 Å². The van der Waals surface area contributed by atoms with Crippen molar-refractivity contribution in [2.24, 2.45) is 5.73 Å². The molecule has 0 aliphatic carbocycles. The second kappa shape index (κ2) is 8.95. The highest BCUT2D eigenvalue weighted by atomic mass is 16.2. The summed E-state index contributed by atoms with van der Waals surface area (Å²) in [6, 6.07) is 25.8. The molecule has 0 bridgehead atoms. The number of hydrogen-bond donors (Lipinski definition) is 2. The summed E-state index contributed by atoms with van der Waals surface area (Å²) in [6.07, 6.45) is 0. The minimum absolute atomic E-state index is 0.00349. The van der Waals surface area contributed by atoms with Crippen LogP contribution in [-0.4, -0.2) is 17.9 Å². The summed E-state index contributed by atoms with van der Waals surface area (Å²) >= 11 is 0. The van der Waals surface area contributed by atoms with E-state index in [2.05, 4.69) is 26.1 Å². The molecule has 0 aromatic heterocycles. The van der Waals surface area contributed by atoms with E-state index in [0.29, 0.717) is 5.56 Å². The van der Waals surface area contributed by atoms with Crippen molar-refractivity contribution in [1.29, 1.82) is 0 Å². The predicted octanol–water partition coefficient (Wildman–Crippen LogP) is 4.40. The molecule has 4 nitrogen and oxygen atoms in total. The molecule has 3 N–H and O–H groups in total. The first kappa shape index (κ1) is 21.3. The van der Waals surface area contributed by atoms with E-state index in [4.69, 9.17) is 5.73 Å². The Bertz CT molecular complexity index is 951. The molecule has 0 radical (unpaired) electrons. The molecule has 2 amide bonds. The Morgan fingerprint density at radius 2 is 1.23 bits per heavy atom. The van der Waals surface area contributed by atoms with Gasteiger partial charge in [0.1, 0.15) is 6.04 Å². The van der Waals surface area contributed by atoms with Gasteiger partial charge in [-0.1, -0.05) is 93.6 Å². The van der Waals surface area contributed by atoms with Gasteiger partial charge >= 0.3 is 0 Å². The highest BCUT2D eigenvalue weighted by molar-refractivity contribution is 5.97. The minimum Gasteiger partial charge on any atom is -0.368 e. The SMILES string of the molecule is CC(C)(C)c1ccc(C(=O)N[C@@H](C(N)=O)C(c2ccccc2)c2ccccc2)cc1. The Morgan fingerprint density at radius 3 is 1.63 bits per heavy atom. The molecule has 0 unspecified atom stereocenters. The maximum absolute atomic E-state index is 13.0. The van der Waals surface area contributed by atoms with Crippen molar-refractivity contribution in [3.8, 4) is 0 Å². The van der Waals surface area contributed by atoms with Crippen LogP contribution in [0.3, 0.4) is 0 Å². The van der Waals surface area contributed by atoms with Gasteiger partial charge in [-0.15, -0.1) is 0 Å². The number of primary amides is 1. The van der Waals surface area contributed by atoms with Crippen LogP contribution in [0.15, 0.2) is 84.9 Å². The monoisotopic (exact) mass is 400 g/mol. The summed E-state index contributed by atoms with van der Waals surface area (Å²) in [4.78, 5) is 25.4. The van der Waals surface area contributed by atoms with Gasteiger partial charge in [-0.05, 0) is 34.2 Å². The molecule has 3 aromatic rings. The summed E-state index contributed by atoms with van der Waals surface area (Å²) in [5.41, 5.74) is 9.22. The van der Waals surface area contributed by atoms with Crippen LogP contribution in [0.1, 0.15) is 53.7 Å². The largest absolute Gasteiger partial charge is 0.368 e. The fourth-order valence-electron chi connectivity index (χ4n) is 3.56. The molecule has 0 spiro atoms. The molecule has 3 rings (SSSR count). The zero-order chi connectivity index (χ0) is 21.7. The molecule has 0 aliphatic heterocycles. The Balaban J connectivity index is 1.93. The van der Waals surface area contributed by atoms with E-state index in [9.17, 15) is 9.59 Å². The second-order valence-electron chi connectivity index (χ2n) is 8.48. The number of nitrogens with one attached hydrogen (secondary N) is 1. The van der Waals surface area contributed by atoms with Crippen LogP contribution in [0.2, 0.25) is 0 Å². The number of carbonyl (C=O) groups excluding carboxylic acids is 2. The standard InChI is InChI=1S/C26H28N2O2/c1-26(2,3)21-16-14-20(15-17-21)25(30)28-23(24(27)29)22(18-10-6-4-7-11-18)19-12-8-5-9-13-19/h4-17,22-23H,1-3H3,(H2,27,29)(H,28,30)/t23-/m1/s1. The first-order valence-corrected chi connectivity index (χ1v) is 10.1. The van der Waals surface area contributed by atoms with Gasteiger partial charge in [0.15, 0.2) is 0 Å². The van der Waals surface area contributed by atoms with Crippen molar-refractivity contribution in [1.82, 2.24) is 5.32 Å². The van der Waals surface area contributed by atoms with Gasteiger partial charge in [-0.25, -0.2) is 0 Å². The van der Waals surface area contributed by atoms with Crippen LogP contribution in [0.5, 0.6) is 0 Å². The van der Waals surface area contributed by atoms with Crippen molar-refractivity contribution in [2.45, 2.75) is 38.1 Å². The summed E-state index contributed by atoms with van der Waals surface area (Å²) in [7, 11) is 0. The van der Waals surface area contributed by atoms with Crippen molar-refractivity contribution in [3.63, 3.8) is 0 Å². The second-order valence-corrected chi connectivity index (χ2v) is 8.48. The molecule has 0 fully saturated rings. The van der Waals surface area contributed by atoms with E-state index in [1.165, 1.54) is 0 Å². The number of rotatable bonds is 6. The molecule has 4 heteroatoms. The van der Waals surface area contributed by atoms with Crippen LogP contribution in [0.25, 0.3) is 0 Å². The summed E-state index contributed by atoms with van der Waals surface area (Å²) in [5.74, 6) is -1.29. The fourth-order valence-corrected chi connectivity index (χ4v) is 3.56. The van der Waals surface area contributed by atoms with Crippen molar-refractivity contribution in [3.05, 3.63) is 107 Å². The zero-order valence-electron chi connectivity index (χ0n) is 17.6. The number of nitrogens with two attached hydrogens (primary N) is 1. The molecule has 0 saturated carbocycles. The topological polar surface area (TPSA) is 72.2 Å². The number of amides is 2. The summed E-state index contributed by atoms with van der Waals surface area (Å²) < 4.78 is 0. The maximum Gasteiger partial charge on any atom is 0.251 e. The molecule has 0 aliphatic rings. The highest BCUT2D eigenvalue weighted by Gasteiger charge is 2.31. The molecule has 1 atom stereocenters. The molecular weight excluding hydrogens is 372 g/mol. The molecule has 0 saturated heterocycles. The zero-order valence-corrected chi connectivity index (χ0v) is 17.6. The Morgan fingerprint density at radius 1 is 0.767 bits per heavy atom. The van der Waals surface area contributed by atoms with E-state index in [1.54, 1.807) is 12.1 Å². The normalized spacial score (nSPS) is 12.4.